The standard InChI is InChI=1S/C26H34N4O5S/c1-20-11-15-29(16-12-20)36(33,34)22-9-10-24-23(17-22)30(26(32)19-35-24)18-25(31)27-13-6-14-28(2)21-7-4-3-5-8-21/h3-5,7-10,17,20H,6,11-16,18-19H2,1-2H3,(H,27,31). The van der Waals surface area contributed by atoms with E-state index in [9.17, 15) is 18.0 Å². The Balaban J connectivity index is 1.38. The fraction of sp³-hybridized carbons (Fsp3) is 0.462. The topological polar surface area (TPSA) is 99.3 Å². The Labute approximate surface area is 213 Å². The van der Waals surface area contributed by atoms with Gasteiger partial charge in [0.15, 0.2) is 6.61 Å². The molecule has 36 heavy (non-hydrogen) atoms. The molecule has 2 aromatic rings. The summed E-state index contributed by atoms with van der Waals surface area (Å²) in [6, 6.07) is 14.5. The molecule has 1 saturated heterocycles. The van der Waals surface area contributed by atoms with Crippen LogP contribution in [0.1, 0.15) is 26.2 Å². The number of anilines is 2. The van der Waals surface area contributed by atoms with Crippen LogP contribution in [0.15, 0.2) is 53.4 Å². The smallest absolute Gasteiger partial charge is 0.265 e. The van der Waals surface area contributed by atoms with Gasteiger partial charge in [0.2, 0.25) is 15.9 Å². The van der Waals surface area contributed by atoms with Crippen LogP contribution in [0, 0.1) is 5.92 Å². The lowest BCUT2D eigenvalue weighted by atomic mass is 10.0. The number of carbonyl (C=O) groups excluding carboxylic acids is 2. The van der Waals surface area contributed by atoms with Crippen molar-refractivity contribution in [2.24, 2.45) is 5.92 Å². The molecule has 0 aromatic heterocycles. The van der Waals surface area contributed by atoms with E-state index in [1.54, 1.807) is 6.07 Å². The molecule has 2 heterocycles. The average molecular weight is 515 g/mol. The van der Waals surface area contributed by atoms with Crippen LogP contribution in [0.4, 0.5) is 11.4 Å². The number of nitrogens with one attached hydrogen (secondary N) is 1. The Hall–Kier alpha value is -3.11. The molecule has 0 atom stereocenters. The Morgan fingerprint density at radius 1 is 1.14 bits per heavy atom. The quantitative estimate of drug-likeness (QED) is 0.516. The van der Waals surface area contributed by atoms with E-state index in [1.165, 1.54) is 21.3 Å². The lowest BCUT2D eigenvalue weighted by molar-refractivity contribution is -0.125. The van der Waals surface area contributed by atoms with Gasteiger partial charge in [0.1, 0.15) is 12.3 Å². The molecule has 1 N–H and O–H groups in total. The number of fused-ring (bicyclic) bond motifs is 1. The maximum absolute atomic E-state index is 13.2. The van der Waals surface area contributed by atoms with Crippen molar-refractivity contribution in [1.82, 2.24) is 9.62 Å². The molecule has 0 saturated carbocycles. The fourth-order valence-electron chi connectivity index (χ4n) is 4.45. The van der Waals surface area contributed by atoms with Crippen molar-refractivity contribution in [1.29, 1.82) is 0 Å². The maximum Gasteiger partial charge on any atom is 0.265 e. The van der Waals surface area contributed by atoms with E-state index < -0.39 is 10.0 Å². The predicted octanol–water partition coefficient (Wildman–Crippen LogP) is 2.48. The molecule has 2 amide bonds. The van der Waals surface area contributed by atoms with Gasteiger partial charge in [0, 0.05) is 38.9 Å². The number of para-hydroxylation sites is 1. The van der Waals surface area contributed by atoms with E-state index in [1.807, 2.05) is 37.4 Å². The summed E-state index contributed by atoms with van der Waals surface area (Å²) in [5, 5.41) is 2.86. The first-order valence-electron chi connectivity index (χ1n) is 12.4. The van der Waals surface area contributed by atoms with Crippen LogP contribution >= 0.6 is 0 Å². The third-order valence-corrected chi connectivity index (χ3v) is 8.64. The fourth-order valence-corrected chi connectivity index (χ4v) is 5.94. The second kappa shape index (κ2) is 11.3. The molecule has 9 nitrogen and oxygen atoms in total. The van der Waals surface area contributed by atoms with Crippen LogP contribution in [-0.4, -0.2) is 70.9 Å². The zero-order valence-corrected chi connectivity index (χ0v) is 21.7. The van der Waals surface area contributed by atoms with E-state index in [0.29, 0.717) is 37.0 Å². The van der Waals surface area contributed by atoms with Gasteiger partial charge < -0.3 is 15.0 Å². The SMILES string of the molecule is CC1CCN(S(=O)(=O)c2ccc3c(c2)N(CC(=O)NCCCN(C)c2ccccc2)C(=O)CO3)CC1. The van der Waals surface area contributed by atoms with Gasteiger partial charge in [0.05, 0.1) is 10.6 Å². The van der Waals surface area contributed by atoms with E-state index >= 15 is 0 Å². The average Bonchev–Trinajstić information content (AvgIpc) is 2.88. The molecule has 0 bridgehead atoms. The minimum Gasteiger partial charge on any atom is -0.482 e. The zero-order chi connectivity index (χ0) is 25.7. The number of sulfonamides is 1. The van der Waals surface area contributed by atoms with Gasteiger partial charge >= 0.3 is 0 Å². The normalized spacial score (nSPS) is 16.8. The van der Waals surface area contributed by atoms with Crippen molar-refractivity contribution in [3.63, 3.8) is 0 Å². The highest BCUT2D eigenvalue weighted by Crippen LogP contribution is 2.35. The number of rotatable bonds is 9. The Bertz CT molecular complexity index is 1180. The Morgan fingerprint density at radius 2 is 1.86 bits per heavy atom. The van der Waals surface area contributed by atoms with Crippen LogP contribution in [0.25, 0.3) is 0 Å². The molecule has 0 radical (unpaired) electrons. The van der Waals surface area contributed by atoms with E-state index in [-0.39, 0.29) is 29.9 Å². The summed E-state index contributed by atoms with van der Waals surface area (Å²) in [7, 11) is -1.71. The van der Waals surface area contributed by atoms with Gasteiger partial charge in [0.25, 0.3) is 5.91 Å². The molecule has 4 rings (SSSR count). The number of benzene rings is 2. The maximum atomic E-state index is 13.2. The lowest BCUT2D eigenvalue weighted by Gasteiger charge is -2.31. The summed E-state index contributed by atoms with van der Waals surface area (Å²) < 4.78 is 33.4. The summed E-state index contributed by atoms with van der Waals surface area (Å²) in [5.41, 5.74) is 1.40. The van der Waals surface area contributed by atoms with Crippen LogP contribution in [0.3, 0.4) is 0 Å². The van der Waals surface area contributed by atoms with Crippen molar-refractivity contribution in [2.45, 2.75) is 31.1 Å². The van der Waals surface area contributed by atoms with Crippen LogP contribution in [-0.2, 0) is 19.6 Å². The van der Waals surface area contributed by atoms with Gasteiger partial charge in [-0.2, -0.15) is 4.31 Å². The molecule has 10 heteroatoms. The molecular formula is C26H34N4O5S. The largest absolute Gasteiger partial charge is 0.482 e. The van der Waals surface area contributed by atoms with Crippen LogP contribution in [0.2, 0.25) is 0 Å². The number of nitrogens with zero attached hydrogens (tertiary/aromatic N) is 3. The van der Waals surface area contributed by atoms with Crippen molar-refractivity contribution >= 4 is 33.2 Å². The molecule has 2 aliphatic heterocycles. The summed E-state index contributed by atoms with van der Waals surface area (Å²) >= 11 is 0. The predicted molar refractivity (Wildman–Crippen MR) is 139 cm³/mol. The van der Waals surface area contributed by atoms with Crippen molar-refractivity contribution in [3.8, 4) is 5.75 Å². The third kappa shape index (κ3) is 5.99. The summed E-state index contributed by atoms with van der Waals surface area (Å²) in [6.07, 6.45) is 2.38. The zero-order valence-electron chi connectivity index (χ0n) is 20.9. The highest BCUT2D eigenvalue weighted by atomic mass is 32.2. The van der Waals surface area contributed by atoms with Crippen molar-refractivity contribution in [2.75, 3.05) is 56.2 Å². The second-order valence-corrected chi connectivity index (χ2v) is 11.4. The highest BCUT2D eigenvalue weighted by Gasteiger charge is 2.32. The summed E-state index contributed by atoms with van der Waals surface area (Å²) in [4.78, 5) is 28.8. The molecule has 0 spiro atoms. The molecule has 2 aromatic carbocycles. The number of carbonyl (C=O) groups is 2. The van der Waals surface area contributed by atoms with Crippen molar-refractivity contribution in [3.05, 3.63) is 48.5 Å². The molecule has 1 fully saturated rings. The number of hydrogen-bond acceptors (Lipinski definition) is 6. The van der Waals surface area contributed by atoms with Gasteiger partial charge in [-0.1, -0.05) is 25.1 Å². The summed E-state index contributed by atoms with van der Waals surface area (Å²) in [6.45, 7) is 3.90. The molecule has 2 aliphatic rings. The van der Waals surface area contributed by atoms with Gasteiger partial charge in [-0.15, -0.1) is 0 Å². The first-order valence-corrected chi connectivity index (χ1v) is 13.8. The minimum atomic E-state index is -3.70. The first kappa shape index (κ1) is 26.0. The number of amides is 2. The second-order valence-electron chi connectivity index (χ2n) is 9.45. The number of piperidine rings is 1. The number of ether oxygens (including phenoxy) is 1. The van der Waals surface area contributed by atoms with Crippen LogP contribution in [0.5, 0.6) is 5.75 Å². The lowest BCUT2D eigenvalue weighted by Crippen LogP contribution is -2.45. The Kier molecular flexibility index (Phi) is 8.15. The third-order valence-electron chi connectivity index (χ3n) is 6.74. The minimum absolute atomic E-state index is 0.100. The van der Waals surface area contributed by atoms with Crippen molar-refractivity contribution < 1.29 is 22.7 Å². The summed E-state index contributed by atoms with van der Waals surface area (Å²) in [5.74, 6) is 0.191. The van der Waals surface area contributed by atoms with Gasteiger partial charge in [-0.25, -0.2) is 8.42 Å². The van der Waals surface area contributed by atoms with E-state index in [0.717, 1.165) is 31.5 Å². The van der Waals surface area contributed by atoms with Gasteiger partial charge in [-0.3, -0.25) is 14.5 Å². The van der Waals surface area contributed by atoms with E-state index in [4.69, 9.17) is 4.74 Å². The molecule has 0 aliphatic carbocycles. The monoisotopic (exact) mass is 514 g/mol. The van der Waals surface area contributed by atoms with Crippen LogP contribution < -0.4 is 19.9 Å². The highest BCUT2D eigenvalue weighted by molar-refractivity contribution is 7.89. The molecule has 0 unspecified atom stereocenters. The van der Waals surface area contributed by atoms with E-state index in [2.05, 4.69) is 17.1 Å². The first-order chi connectivity index (χ1) is 17.3. The Morgan fingerprint density at radius 3 is 2.58 bits per heavy atom. The molecule has 194 valence electrons. The van der Waals surface area contributed by atoms with Gasteiger partial charge in [-0.05, 0) is 55.5 Å². The molecular weight excluding hydrogens is 480 g/mol. The number of hydrogen-bond donors (Lipinski definition) is 1.